The molecule has 0 saturated carbocycles. The third-order valence-electron chi connectivity index (χ3n) is 5.80. The van der Waals surface area contributed by atoms with E-state index in [4.69, 9.17) is 0 Å². The van der Waals surface area contributed by atoms with Gasteiger partial charge < -0.3 is 10.2 Å². The molecule has 7 heteroatoms. The summed E-state index contributed by atoms with van der Waals surface area (Å²) in [5.41, 5.74) is 2.81. The molecule has 0 aliphatic carbocycles. The van der Waals surface area contributed by atoms with Gasteiger partial charge in [0.1, 0.15) is 0 Å². The summed E-state index contributed by atoms with van der Waals surface area (Å²) in [5.74, 6) is -2.06. The fourth-order valence-corrected chi connectivity index (χ4v) is 4.06. The quantitative estimate of drug-likeness (QED) is 0.432. The van der Waals surface area contributed by atoms with Gasteiger partial charge in [0.05, 0.1) is 17.8 Å². The second-order valence-electron chi connectivity index (χ2n) is 8.13. The molecule has 0 bridgehead atoms. The van der Waals surface area contributed by atoms with Crippen LogP contribution in [-0.2, 0) is 19.5 Å². The molecule has 0 unspecified atom stereocenters. The molecule has 174 valence electrons. The van der Waals surface area contributed by atoms with Gasteiger partial charge in [0.25, 0.3) is 0 Å². The summed E-state index contributed by atoms with van der Waals surface area (Å²) in [6, 6.07) is 14.2. The highest BCUT2D eigenvalue weighted by Gasteiger charge is 2.24. The Balaban J connectivity index is 2.00. The van der Waals surface area contributed by atoms with Gasteiger partial charge in [-0.25, -0.2) is 14.4 Å². The van der Waals surface area contributed by atoms with Crippen molar-refractivity contribution >= 4 is 11.9 Å². The molecule has 3 rings (SSSR count). The topological polar surface area (TPSA) is 102 Å². The summed E-state index contributed by atoms with van der Waals surface area (Å²) in [7, 11) is 0. The largest absolute Gasteiger partial charge is 0.478 e. The Morgan fingerprint density at radius 2 is 1.52 bits per heavy atom. The molecular weight excluding hydrogens is 420 g/mol. The summed E-state index contributed by atoms with van der Waals surface area (Å²) < 4.78 is 2.98. The van der Waals surface area contributed by atoms with Gasteiger partial charge in [-0.3, -0.25) is 9.13 Å². The van der Waals surface area contributed by atoms with Gasteiger partial charge >= 0.3 is 17.6 Å². The molecule has 33 heavy (non-hydrogen) atoms. The maximum Gasteiger partial charge on any atom is 0.354 e. The Bertz CT molecular complexity index is 1190. The minimum absolute atomic E-state index is 0.0916. The number of imidazole rings is 1. The van der Waals surface area contributed by atoms with Crippen LogP contribution in [0, 0.1) is 0 Å². The van der Waals surface area contributed by atoms with Crippen LogP contribution in [0.1, 0.15) is 71.6 Å². The number of unbranched alkanes of at least 4 members (excludes halogenated alkanes) is 2. The van der Waals surface area contributed by atoms with E-state index in [0.717, 1.165) is 36.8 Å². The lowest BCUT2D eigenvalue weighted by Crippen LogP contribution is -2.26. The Labute approximate surface area is 192 Å². The molecular formula is C26H30N2O5. The zero-order chi connectivity index (χ0) is 24.0. The van der Waals surface area contributed by atoms with Gasteiger partial charge in [-0.05, 0) is 42.0 Å². The second kappa shape index (κ2) is 10.8. The predicted molar refractivity (Wildman–Crippen MR) is 127 cm³/mol. The van der Waals surface area contributed by atoms with Crippen LogP contribution >= 0.6 is 0 Å². The van der Waals surface area contributed by atoms with Crippen molar-refractivity contribution in [3.8, 4) is 11.1 Å². The highest BCUT2D eigenvalue weighted by atomic mass is 16.4. The Kier molecular flexibility index (Phi) is 7.87. The molecule has 7 nitrogen and oxygen atoms in total. The van der Waals surface area contributed by atoms with Crippen LogP contribution in [-0.4, -0.2) is 31.3 Å². The first-order valence-corrected chi connectivity index (χ1v) is 11.4. The number of hydrogen-bond donors (Lipinski definition) is 2. The Morgan fingerprint density at radius 3 is 2.12 bits per heavy atom. The number of nitrogens with zero attached hydrogens (tertiary/aromatic N) is 2. The van der Waals surface area contributed by atoms with E-state index >= 15 is 0 Å². The van der Waals surface area contributed by atoms with Crippen LogP contribution in [0.25, 0.3) is 11.1 Å². The normalized spacial score (nSPS) is 11.0. The van der Waals surface area contributed by atoms with Gasteiger partial charge in [0.2, 0.25) is 0 Å². The average molecular weight is 451 g/mol. The van der Waals surface area contributed by atoms with Crippen molar-refractivity contribution in [1.82, 2.24) is 9.13 Å². The number of aromatic nitrogens is 2. The fraction of sp³-hybridized carbons (Fsp3) is 0.346. The first kappa shape index (κ1) is 24.0. The van der Waals surface area contributed by atoms with Crippen LogP contribution in [0.2, 0.25) is 0 Å². The lowest BCUT2D eigenvalue weighted by atomic mass is 9.99. The smallest absolute Gasteiger partial charge is 0.354 e. The van der Waals surface area contributed by atoms with E-state index in [1.165, 1.54) is 4.57 Å². The molecule has 0 amide bonds. The van der Waals surface area contributed by atoms with Gasteiger partial charge in [-0.2, -0.15) is 0 Å². The van der Waals surface area contributed by atoms with Crippen molar-refractivity contribution in [1.29, 1.82) is 0 Å². The maximum atomic E-state index is 13.2. The maximum absolute atomic E-state index is 13.2. The van der Waals surface area contributed by atoms with E-state index < -0.39 is 11.9 Å². The average Bonchev–Trinajstić information content (AvgIpc) is 3.07. The standard InChI is InChI=1S/C26H30N2O5/c1-3-5-11-22-23(25(31)32)27(16-6-4-2)26(33)28(22)17-18-12-14-19(15-13-18)20-9-7-8-10-21(20)24(29)30/h7-10,12-15H,3-6,11,16-17H2,1-2H3,(H,29,30)(H,31,32). The molecule has 3 aromatic rings. The summed E-state index contributed by atoms with van der Waals surface area (Å²) >= 11 is 0. The Morgan fingerprint density at radius 1 is 0.848 bits per heavy atom. The first-order chi connectivity index (χ1) is 15.9. The fourth-order valence-electron chi connectivity index (χ4n) is 4.06. The van der Waals surface area contributed by atoms with Crippen molar-refractivity contribution in [2.45, 2.75) is 59.0 Å². The van der Waals surface area contributed by atoms with Crippen molar-refractivity contribution in [2.75, 3.05) is 0 Å². The number of carboxylic acid groups (broad SMARTS) is 2. The monoisotopic (exact) mass is 450 g/mol. The molecule has 0 aliphatic rings. The van der Waals surface area contributed by atoms with Gasteiger partial charge in [0.15, 0.2) is 5.69 Å². The third-order valence-corrected chi connectivity index (χ3v) is 5.80. The molecule has 0 saturated heterocycles. The number of carbonyl (C=O) groups is 2. The van der Waals surface area contributed by atoms with Gasteiger partial charge in [0, 0.05) is 6.54 Å². The highest BCUT2D eigenvalue weighted by Crippen LogP contribution is 2.24. The molecule has 1 heterocycles. The van der Waals surface area contributed by atoms with E-state index in [1.807, 2.05) is 38.1 Å². The minimum atomic E-state index is -1.08. The molecule has 0 radical (unpaired) electrons. The van der Waals surface area contributed by atoms with Crippen molar-refractivity contribution in [2.24, 2.45) is 0 Å². The van der Waals surface area contributed by atoms with Gasteiger partial charge in [-0.15, -0.1) is 0 Å². The van der Waals surface area contributed by atoms with Crippen molar-refractivity contribution in [3.63, 3.8) is 0 Å². The van der Waals surface area contributed by atoms with Crippen LogP contribution in [0.3, 0.4) is 0 Å². The molecule has 2 aromatic carbocycles. The number of hydrogen-bond acceptors (Lipinski definition) is 3. The van der Waals surface area contributed by atoms with Gasteiger partial charge in [-0.1, -0.05) is 69.2 Å². The van der Waals surface area contributed by atoms with Crippen LogP contribution in [0.4, 0.5) is 0 Å². The summed E-state index contributed by atoms with van der Waals surface area (Å²) in [6.45, 7) is 4.68. The van der Waals surface area contributed by atoms with E-state index in [0.29, 0.717) is 24.2 Å². The summed E-state index contributed by atoms with van der Waals surface area (Å²) in [6.07, 6.45) is 3.80. The van der Waals surface area contributed by atoms with Crippen LogP contribution < -0.4 is 5.69 Å². The molecule has 0 spiro atoms. The zero-order valence-electron chi connectivity index (χ0n) is 19.1. The summed E-state index contributed by atoms with van der Waals surface area (Å²) in [4.78, 5) is 36.8. The molecule has 0 fully saturated rings. The molecule has 0 atom stereocenters. The lowest BCUT2D eigenvalue weighted by molar-refractivity contribution is 0.0677. The first-order valence-electron chi connectivity index (χ1n) is 11.4. The summed E-state index contributed by atoms with van der Waals surface area (Å²) in [5, 5.41) is 19.3. The second-order valence-corrected chi connectivity index (χ2v) is 8.13. The predicted octanol–water partition coefficient (Wildman–Crippen LogP) is 4.90. The number of benzene rings is 2. The SMILES string of the molecule is CCCCc1c(C(=O)O)n(CCCC)c(=O)n1Cc1ccc(-c2ccccc2C(=O)O)cc1. The third kappa shape index (κ3) is 5.25. The van der Waals surface area contributed by atoms with E-state index in [-0.39, 0.29) is 23.5 Å². The zero-order valence-corrected chi connectivity index (χ0v) is 19.1. The van der Waals surface area contributed by atoms with E-state index in [9.17, 15) is 24.6 Å². The van der Waals surface area contributed by atoms with Crippen molar-refractivity contribution in [3.05, 3.63) is 81.5 Å². The van der Waals surface area contributed by atoms with E-state index in [2.05, 4.69) is 0 Å². The van der Waals surface area contributed by atoms with Crippen LogP contribution in [0.5, 0.6) is 0 Å². The van der Waals surface area contributed by atoms with E-state index in [1.54, 1.807) is 28.8 Å². The molecule has 0 aliphatic heterocycles. The lowest BCUT2D eigenvalue weighted by Gasteiger charge is -2.10. The molecule has 2 N–H and O–H groups in total. The highest BCUT2D eigenvalue weighted by molar-refractivity contribution is 5.96. The number of carboxylic acids is 2. The number of rotatable bonds is 11. The Hall–Kier alpha value is -3.61. The van der Waals surface area contributed by atoms with Crippen molar-refractivity contribution < 1.29 is 19.8 Å². The molecule has 1 aromatic heterocycles. The number of aromatic carboxylic acids is 2. The van der Waals surface area contributed by atoms with Crippen LogP contribution in [0.15, 0.2) is 53.3 Å². The minimum Gasteiger partial charge on any atom is -0.478 e.